The zero-order valence-electron chi connectivity index (χ0n) is 13.3. The Morgan fingerprint density at radius 1 is 1.29 bits per heavy atom. The Labute approximate surface area is 142 Å². The highest BCUT2D eigenvalue weighted by molar-refractivity contribution is 6.30. The first-order chi connectivity index (χ1) is 11.4. The highest BCUT2D eigenvalue weighted by atomic mass is 35.5. The number of hydrogen-bond acceptors (Lipinski definition) is 4. The third-order valence-electron chi connectivity index (χ3n) is 3.72. The van der Waals surface area contributed by atoms with Crippen LogP contribution in [0.15, 0.2) is 52.5 Å². The van der Waals surface area contributed by atoms with Gasteiger partial charge >= 0.3 is 5.69 Å². The Morgan fingerprint density at radius 3 is 2.75 bits per heavy atom. The average molecular weight is 346 g/mol. The molecular weight excluding hydrogens is 330 g/mol. The first-order valence-electron chi connectivity index (χ1n) is 7.19. The molecule has 2 aromatic heterocycles. The van der Waals surface area contributed by atoms with Crippen LogP contribution in [0.3, 0.4) is 0 Å². The third kappa shape index (κ3) is 2.74. The van der Waals surface area contributed by atoms with Gasteiger partial charge in [-0.3, -0.25) is 13.9 Å². The molecule has 0 amide bonds. The summed E-state index contributed by atoms with van der Waals surface area (Å²) in [6, 6.07) is 7.26. The molecule has 0 radical (unpaired) electrons. The van der Waals surface area contributed by atoms with Gasteiger partial charge in [0.2, 0.25) is 0 Å². The van der Waals surface area contributed by atoms with E-state index in [0.29, 0.717) is 28.4 Å². The van der Waals surface area contributed by atoms with E-state index in [9.17, 15) is 9.59 Å². The minimum Gasteiger partial charge on any atom is -0.358 e. The van der Waals surface area contributed by atoms with Crippen molar-refractivity contribution in [3.63, 3.8) is 0 Å². The summed E-state index contributed by atoms with van der Waals surface area (Å²) >= 11 is 5.96. The summed E-state index contributed by atoms with van der Waals surface area (Å²) in [5.41, 5.74) is 1.37. The van der Waals surface area contributed by atoms with Gasteiger partial charge in [0.25, 0.3) is 5.56 Å². The second-order valence-corrected chi connectivity index (χ2v) is 5.93. The lowest BCUT2D eigenvalue weighted by Crippen LogP contribution is -2.37. The zero-order chi connectivity index (χ0) is 17.4. The molecule has 24 heavy (non-hydrogen) atoms. The smallest absolute Gasteiger partial charge is 0.332 e. The Balaban J connectivity index is 1.95. The summed E-state index contributed by atoms with van der Waals surface area (Å²) in [5.74, 6) is 0. The van der Waals surface area contributed by atoms with Crippen LogP contribution in [0.1, 0.15) is 0 Å². The molecule has 3 aromatic rings. The first-order valence-corrected chi connectivity index (χ1v) is 7.57. The molecule has 0 saturated carbocycles. The fourth-order valence-electron chi connectivity index (χ4n) is 2.53. The van der Waals surface area contributed by atoms with Gasteiger partial charge in [0.15, 0.2) is 11.2 Å². The van der Waals surface area contributed by atoms with Crippen LogP contribution in [-0.4, -0.2) is 18.7 Å². The molecule has 1 aromatic carbocycles. The number of nitrogens with one attached hydrogen (secondary N) is 1. The Kier molecular flexibility index (Phi) is 4.02. The molecule has 0 fully saturated rings. The molecule has 0 spiro atoms. The monoisotopic (exact) mass is 345 g/mol. The number of fused-ring (bicyclic) bond motifs is 1. The van der Waals surface area contributed by atoms with Gasteiger partial charge in [-0.1, -0.05) is 24.2 Å². The van der Waals surface area contributed by atoms with E-state index < -0.39 is 5.69 Å². The number of benzene rings is 1. The number of aromatic nitrogens is 4. The van der Waals surface area contributed by atoms with Gasteiger partial charge in [-0.25, -0.2) is 9.78 Å². The molecule has 8 heteroatoms. The maximum Gasteiger partial charge on any atom is 0.332 e. The summed E-state index contributed by atoms with van der Waals surface area (Å²) in [7, 11) is 3.03. The molecule has 0 aliphatic carbocycles. The van der Waals surface area contributed by atoms with Crippen LogP contribution in [-0.2, 0) is 20.6 Å². The maximum atomic E-state index is 12.4. The number of anilines is 1. The van der Waals surface area contributed by atoms with Crippen LogP contribution in [0.25, 0.3) is 11.2 Å². The fourth-order valence-corrected chi connectivity index (χ4v) is 2.72. The lowest BCUT2D eigenvalue weighted by Gasteiger charge is -2.11. The topological polar surface area (TPSA) is 73.8 Å². The molecule has 2 heterocycles. The molecule has 0 bridgehead atoms. The molecule has 3 rings (SSSR count). The van der Waals surface area contributed by atoms with E-state index in [1.54, 1.807) is 23.7 Å². The van der Waals surface area contributed by atoms with E-state index in [2.05, 4.69) is 16.9 Å². The summed E-state index contributed by atoms with van der Waals surface area (Å²) in [6.07, 6.45) is 1.52. The molecule has 0 aliphatic heterocycles. The predicted molar refractivity (Wildman–Crippen MR) is 94.4 cm³/mol. The maximum absolute atomic E-state index is 12.4. The van der Waals surface area contributed by atoms with E-state index in [0.717, 1.165) is 10.3 Å². The Bertz CT molecular complexity index is 1060. The van der Waals surface area contributed by atoms with Crippen molar-refractivity contribution < 1.29 is 0 Å². The van der Waals surface area contributed by atoms with E-state index in [4.69, 9.17) is 11.6 Å². The van der Waals surface area contributed by atoms with E-state index in [-0.39, 0.29) is 5.56 Å². The Morgan fingerprint density at radius 2 is 2.04 bits per heavy atom. The van der Waals surface area contributed by atoms with Crippen LogP contribution in [0, 0.1) is 0 Å². The van der Waals surface area contributed by atoms with Crippen molar-refractivity contribution in [2.75, 3.05) is 5.32 Å². The number of halogens is 1. The molecule has 7 nitrogen and oxygen atoms in total. The largest absolute Gasteiger partial charge is 0.358 e. The lowest BCUT2D eigenvalue weighted by molar-refractivity contribution is 0.702. The molecule has 0 saturated heterocycles. The SMILES string of the molecule is C=C(Cn1cnc2c1c(=O)n(C)c(=O)n2C)Nc1cccc(Cl)c1. The number of aryl methyl sites for hydroxylation is 1. The van der Waals surface area contributed by atoms with Gasteiger partial charge in [-0.2, -0.15) is 0 Å². The normalized spacial score (nSPS) is 11.0. The van der Waals surface area contributed by atoms with Crippen molar-refractivity contribution in [2.24, 2.45) is 14.1 Å². The molecule has 1 N–H and O–H groups in total. The fraction of sp³-hybridized carbons (Fsp3) is 0.188. The number of hydrogen-bond donors (Lipinski definition) is 1. The third-order valence-corrected chi connectivity index (χ3v) is 3.96. The van der Waals surface area contributed by atoms with Gasteiger partial charge in [-0.15, -0.1) is 0 Å². The number of nitrogens with zero attached hydrogens (tertiary/aromatic N) is 4. The second kappa shape index (κ2) is 6.01. The number of rotatable bonds is 4. The standard InChI is InChI=1S/C16H16ClN5O2/c1-10(19-12-6-4-5-11(17)7-12)8-22-9-18-14-13(22)15(23)21(3)16(24)20(14)2/h4-7,9,19H,1,8H2,2-3H3. The second-order valence-electron chi connectivity index (χ2n) is 5.49. The van der Waals surface area contributed by atoms with E-state index in [1.807, 2.05) is 12.1 Å². The quantitative estimate of drug-likeness (QED) is 0.781. The minimum absolute atomic E-state index is 0.330. The minimum atomic E-state index is -0.409. The summed E-state index contributed by atoms with van der Waals surface area (Å²) in [6.45, 7) is 4.30. The van der Waals surface area contributed by atoms with Crippen LogP contribution in [0.5, 0.6) is 0 Å². The molecule has 0 atom stereocenters. The van der Waals surface area contributed by atoms with Gasteiger partial charge in [0.05, 0.1) is 12.9 Å². The number of imidazole rings is 1. The van der Waals surface area contributed by atoms with Gasteiger partial charge in [-0.05, 0) is 18.2 Å². The summed E-state index contributed by atoms with van der Waals surface area (Å²) < 4.78 is 4.07. The van der Waals surface area contributed by atoms with Crippen molar-refractivity contribution in [3.05, 3.63) is 68.7 Å². The summed E-state index contributed by atoms with van der Waals surface area (Å²) in [5, 5.41) is 3.76. The zero-order valence-corrected chi connectivity index (χ0v) is 14.0. The number of allylic oxidation sites excluding steroid dienone is 1. The Hall–Kier alpha value is -2.80. The molecule has 124 valence electrons. The van der Waals surface area contributed by atoms with Crippen LogP contribution >= 0.6 is 11.6 Å². The van der Waals surface area contributed by atoms with Gasteiger partial charge in [0.1, 0.15) is 0 Å². The highest BCUT2D eigenvalue weighted by Gasteiger charge is 2.14. The van der Waals surface area contributed by atoms with Crippen molar-refractivity contribution in [1.82, 2.24) is 18.7 Å². The first kappa shape index (κ1) is 16.1. The molecule has 0 aliphatic rings. The van der Waals surface area contributed by atoms with Crippen molar-refractivity contribution in [1.29, 1.82) is 0 Å². The van der Waals surface area contributed by atoms with Crippen molar-refractivity contribution in [3.8, 4) is 0 Å². The average Bonchev–Trinajstić information content (AvgIpc) is 2.94. The lowest BCUT2D eigenvalue weighted by atomic mass is 10.3. The molecule has 0 unspecified atom stereocenters. The van der Waals surface area contributed by atoms with E-state index >= 15 is 0 Å². The van der Waals surface area contributed by atoms with E-state index in [1.165, 1.54) is 17.9 Å². The van der Waals surface area contributed by atoms with Crippen LogP contribution in [0.2, 0.25) is 5.02 Å². The van der Waals surface area contributed by atoms with Crippen molar-refractivity contribution in [2.45, 2.75) is 6.54 Å². The van der Waals surface area contributed by atoms with Crippen molar-refractivity contribution >= 4 is 28.5 Å². The van der Waals surface area contributed by atoms with Gasteiger partial charge < -0.3 is 9.88 Å². The van der Waals surface area contributed by atoms with Crippen LogP contribution < -0.4 is 16.6 Å². The molecular formula is C16H16ClN5O2. The van der Waals surface area contributed by atoms with Gasteiger partial charge in [0, 0.05) is 30.5 Å². The highest BCUT2D eigenvalue weighted by Crippen LogP contribution is 2.17. The summed E-state index contributed by atoms with van der Waals surface area (Å²) in [4.78, 5) is 28.5. The van der Waals surface area contributed by atoms with Crippen LogP contribution in [0.4, 0.5) is 5.69 Å². The predicted octanol–water partition coefficient (Wildman–Crippen LogP) is 1.71.